The van der Waals surface area contributed by atoms with E-state index in [1.54, 1.807) is 11.8 Å². The third-order valence-corrected chi connectivity index (χ3v) is 9.22. The van der Waals surface area contributed by atoms with E-state index in [4.69, 9.17) is 9.47 Å². The first-order valence-electron chi connectivity index (χ1n) is 14.3. The minimum atomic E-state index is -0.704. The number of hydrogen-bond donors (Lipinski definition) is 3. The number of nitrogens with one attached hydrogen (secondary N) is 3. The van der Waals surface area contributed by atoms with Crippen molar-refractivity contribution in [2.75, 3.05) is 36.6 Å². The molecule has 1 aromatic carbocycles. The number of aryl methyl sites for hydroxylation is 1. The summed E-state index contributed by atoms with van der Waals surface area (Å²) < 4.78 is 11.6. The molecule has 0 aromatic heterocycles. The molecule has 11 nitrogen and oxygen atoms in total. The average Bonchev–Trinajstić information content (AvgIpc) is 3.58. The van der Waals surface area contributed by atoms with Crippen molar-refractivity contribution in [1.29, 1.82) is 5.26 Å². The van der Waals surface area contributed by atoms with E-state index in [1.807, 2.05) is 50.8 Å². The highest BCUT2D eigenvalue weighted by atomic mass is 32.2. The van der Waals surface area contributed by atoms with Crippen molar-refractivity contribution < 1.29 is 23.9 Å². The zero-order chi connectivity index (χ0) is 29.4. The molecule has 0 aliphatic carbocycles. The summed E-state index contributed by atoms with van der Waals surface area (Å²) in [5.41, 5.74) is 4.55. The van der Waals surface area contributed by atoms with Crippen molar-refractivity contribution in [2.24, 2.45) is 5.92 Å². The Kier molecular flexibility index (Phi) is 8.53. The summed E-state index contributed by atoms with van der Waals surface area (Å²) in [6.07, 6.45) is 0.732. The van der Waals surface area contributed by atoms with Crippen LogP contribution in [0.1, 0.15) is 62.4 Å². The van der Waals surface area contributed by atoms with Crippen LogP contribution in [0.2, 0.25) is 0 Å². The van der Waals surface area contributed by atoms with Crippen molar-refractivity contribution in [3.8, 4) is 6.07 Å². The van der Waals surface area contributed by atoms with Gasteiger partial charge in [0.2, 0.25) is 5.91 Å². The highest BCUT2D eigenvalue weighted by molar-refractivity contribution is 7.99. The van der Waals surface area contributed by atoms with Crippen LogP contribution < -0.4 is 16.1 Å². The Morgan fingerprint density at radius 1 is 1.32 bits per heavy atom. The smallest absolute Gasteiger partial charge is 0.335 e. The van der Waals surface area contributed by atoms with Gasteiger partial charge in [-0.15, -0.1) is 11.8 Å². The van der Waals surface area contributed by atoms with Crippen LogP contribution in [0.3, 0.4) is 0 Å². The Bertz CT molecular complexity index is 1220. The van der Waals surface area contributed by atoms with Crippen LogP contribution in [0.25, 0.3) is 0 Å². The third-order valence-electron chi connectivity index (χ3n) is 8.26. The van der Waals surface area contributed by atoms with Crippen LogP contribution in [0.5, 0.6) is 0 Å². The largest absolute Gasteiger partial charge is 0.458 e. The second-order valence-electron chi connectivity index (χ2n) is 12.4. The Balaban J connectivity index is 1.33. The molecule has 4 aliphatic rings. The van der Waals surface area contributed by atoms with Gasteiger partial charge in [0, 0.05) is 36.1 Å². The molecule has 1 aromatic rings. The van der Waals surface area contributed by atoms with E-state index < -0.39 is 35.3 Å². The average molecular weight is 585 g/mol. The summed E-state index contributed by atoms with van der Waals surface area (Å²) in [5.74, 6) is 0.846. The van der Waals surface area contributed by atoms with Gasteiger partial charge in [-0.25, -0.2) is 15.2 Å². The quantitative estimate of drug-likeness (QED) is 0.428. The number of piperidine rings is 1. The zero-order valence-electron chi connectivity index (χ0n) is 24.2. The summed E-state index contributed by atoms with van der Waals surface area (Å²) in [5, 5.41) is 18.4. The van der Waals surface area contributed by atoms with Crippen molar-refractivity contribution >= 4 is 35.2 Å². The number of esters is 1. The van der Waals surface area contributed by atoms with Gasteiger partial charge < -0.3 is 25.0 Å². The van der Waals surface area contributed by atoms with Crippen molar-refractivity contribution in [3.63, 3.8) is 0 Å². The van der Waals surface area contributed by atoms with Gasteiger partial charge in [0.1, 0.15) is 11.8 Å². The van der Waals surface area contributed by atoms with Gasteiger partial charge in [0.15, 0.2) is 6.10 Å². The number of amides is 2. The van der Waals surface area contributed by atoms with E-state index in [0.29, 0.717) is 37.2 Å². The highest BCUT2D eigenvalue weighted by Gasteiger charge is 2.56. The molecule has 222 valence electrons. The maximum atomic E-state index is 13.2. The molecule has 12 heteroatoms. The minimum absolute atomic E-state index is 0.0383. The van der Waals surface area contributed by atoms with E-state index in [9.17, 15) is 19.6 Å². The first-order chi connectivity index (χ1) is 19.5. The van der Waals surface area contributed by atoms with Gasteiger partial charge in [0.25, 0.3) is 5.91 Å². The number of carbonyl (C=O) groups excluding carboxylic acids is 3. The van der Waals surface area contributed by atoms with E-state index in [1.165, 1.54) is 0 Å². The number of ether oxygens (including phenoxy) is 2. The lowest BCUT2D eigenvalue weighted by Crippen LogP contribution is -2.63. The summed E-state index contributed by atoms with van der Waals surface area (Å²) >= 11 is 1.75. The Labute approximate surface area is 245 Å². The number of fused-ring (bicyclic) bond motifs is 1. The van der Waals surface area contributed by atoms with Crippen molar-refractivity contribution in [1.82, 2.24) is 20.7 Å². The SMILES string of the molecule is Cc1cc(NC2NN([C@]3(CC#N)CC[C@@H](C(=O)OC(C)(C)C)OC3)C3CCNC(=O)C23)ccc1C(=O)N1CCSC1. The van der Waals surface area contributed by atoms with Gasteiger partial charge in [-0.05, 0) is 70.7 Å². The first-order valence-corrected chi connectivity index (χ1v) is 15.5. The van der Waals surface area contributed by atoms with Crippen LogP contribution in [-0.4, -0.2) is 88.5 Å². The molecule has 0 saturated carbocycles. The lowest BCUT2D eigenvalue weighted by molar-refractivity contribution is -0.180. The van der Waals surface area contributed by atoms with Gasteiger partial charge in [0.05, 0.1) is 36.4 Å². The predicted molar refractivity (Wildman–Crippen MR) is 155 cm³/mol. The fourth-order valence-corrected chi connectivity index (χ4v) is 7.20. The van der Waals surface area contributed by atoms with E-state index in [2.05, 4.69) is 27.1 Å². The van der Waals surface area contributed by atoms with Crippen LogP contribution in [-0.2, 0) is 19.1 Å². The van der Waals surface area contributed by atoms with E-state index in [-0.39, 0.29) is 30.9 Å². The highest BCUT2D eigenvalue weighted by Crippen LogP contribution is 2.40. The Morgan fingerprint density at radius 3 is 2.76 bits per heavy atom. The summed E-state index contributed by atoms with van der Waals surface area (Å²) in [6, 6.07) is 7.82. The minimum Gasteiger partial charge on any atom is -0.458 e. The van der Waals surface area contributed by atoms with Crippen LogP contribution in [0, 0.1) is 24.2 Å². The summed E-state index contributed by atoms with van der Waals surface area (Å²) in [7, 11) is 0. The first kappa shape index (κ1) is 29.6. The van der Waals surface area contributed by atoms with E-state index >= 15 is 0 Å². The molecular weight excluding hydrogens is 544 g/mol. The molecule has 4 fully saturated rings. The molecule has 3 N–H and O–H groups in total. The molecular formula is C29H40N6O5S. The lowest BCUT2D eigenvalue weighted by atomic mass is 9.83. The van der Waals surface area contributed by atoms with Crippen LogP contribution >= 0.6 is 11.8 Å². The van der Waals surface area contributed by atoms with Crippen LogP contribution in [0.15, 0.2) is 18.2 Å². The number of rotatable bonds is 6. The number of carbonyl (C=O) groups is 3. The fraction of sp³-hybridized carbons (Fsp3) is 0.655. The Morgan fingerprint density at radius 2 is 2.12 bits per heavy atom. The molecule has 3 unspecified atom stereocenters. The van der Waals surface area contributed by atoms with Crippen molar-refractivity contribution in [3.05, 3.63) is 29.3 Å². The second-order valence-corrected chi connectivity index (χ2v) is 13.4. The zero-order valence-corrected chi connectivity index (χ0v) is 25.0. The molecule has 0 radical (unpaired) electrons. The molecule has 41 heavy (non-hydrogen) atoms. The molecule has 4 heterocycles. The van der Waals surface area contributed by atoms with Gasteiger partial charge in [-0.2, -0.15) is 5.26 Å². The number of anilines is 1. The number of hydrazine groups is 1. The maximum Gasteiger partial charge on any atom is 0.335 e. The number of nitrogens with zero attached hydrogens (tertiary/aromatic N) is 3. The number of nitriles is 1. The fourth-order valence-electron chi connectivity index (χ4n) is 6.26. The van der Waals surface area contributed by atoms with Crippen molar-refractivity contribution in [2.45, 2.75) is 82.8 Å². The third kappa shape index (κ3) is 6.18. The predicted octanol–water partition coefficient (Wildman–Crippen LogP) is 2.38. The normalized spacial score (nSPS) is 30.3. The molecule has 0 spiro atoms. The molecule has 2 amide bonds. The lowest BCUT2D eigenvalue weighted by Gasteiger charge is -2.47. The molecule has 0 bridgehead atoms. The molecule has 4 saturated heterocycles. The maximum absolute atomic E-state index is 13.2. The topological polar surface area (TPSA) is 136 Å². The second kappa shape index (κ2) is 11.8. The van der Waals surface area contributed by atoms with Gasteiger partial charge in [-0.3, -0.25) is 9.59 Å². The van der Waals surface area contributed by atoms with Gasteiger partial charge >= 0.3 is 5.97 Å². The van der Waals surface area contributed by atoms with Gasteiger partial charge in [-0.1, -0.05) is 0 Å². The molecule has 4 aliphatic heterocycles. The van der Waals surface area contributed by atoms with Crippen LogP contribution in [0.4, 0.5) is 5.69 Å². The standard InChI is InChI=1S/C29H40N6O5S/c1-18-15-19(5-6-20(18)26(37)34-13-14-41-17-34)32-24-23-21(8-12-31-25(23)36)35(33-24)29(10-11-30)9-7-22(39-16-29)27(38)40-28(2,3)4/h5-6,15,21-24,32-33H,7-10,12-14,16-17H2,1-4H3,(H,31,36)/t21?,22-,23?,24?,29-/m0/s1. The summed E-state index contributed by atoms with van der Waals surface area (Å²) in [6.45, 7) is 8.86. The Hall–Kier alpha value is -2.85. The number of benzene rings is 1. The number of hydrogen-bond acceptors (Lipinski definition) is 10. The molecule has 5 rings (SSSR count). The van der Waals surface area contributed by atoms with E-state index in [0.717, 1.165) is 23.5 Å². The monoisotopic (exact) mass is 584 g/mol. The number of thioether (sulfide) groups is 1. The molecule has 5 atom stereocenters. The summed E-state index contributed by atoms with van der Waals surface area (Å²) in [4.78, 5) is 40.7.